The van der Waals surface area contributed by atoms with Crippen LogP contribution in [0.2, 0.25) is 0 Å². The zero-order valence-electron chi connectivity index (χ0n) is 17.1. The molecule has 0 bridgehead atoms. The van der Waals surface area contributed by atoms with Gasteiger partial charge in [-0.05, 0) is 68.0 Å². The van der Waals surface area contributed by atoms with Crippen molar-refractivity contribution in [1.29, 1.82) is 0 Å². The predicted molar refractivity (Wildman–Crippen MR) is 116 cm³/mol. The minimum absolute atomic E-state index is 0.135. The molecule has 2 aromatic rings. The van der Waals surface area contributed by atoms with Crippen molar-refractivity contribution >= 4 is 23.0 Å². The molecule has 1 unspecified atom stereocenters. The fourth-order valence-electron chi connectivity index (χ4n) is 3.89. The molecule has 3 heterocycles. The summed E-state index contributed by atoms with van der Waals surface area (Å²) in [5, 5.41) is 6.25. The molecule has 2 aliphatic heterocycles. The lowest BCUT2D eigenvalue weighted by Crippen LogP contribution is -2.32. The van der Waals surface area contributed by atoms with Crippen LogP contribution in [0.15, 0.2) is 42.6 Å². The average Bonchev–Trinajstić information content (AvgIpc) is 3.27. The van der Waals surface area contributed by atoms with E-state index < -0.39 is 0 Å². The van der Waals surface area contributed by atoms with E-state index in [2.05, 4.69) is 51.7 Å². The number of hydrogen-bond donors (Lipinski definition) is 2. The van der Waals surface area contributed by atoms with Crippen LogP contribution in [0.4, 0.5) is 17.1 Å². The molecule has 4 rings (SSSR count). The Morgan fingerprint density at radius 1 is 1.10 bits per heavy atom. The van der Waals surface area contributed by atoms with Crippen molar-refractivity contribution in [2.24, 2.45) is 5.92 Å². The van der Waals surface area contributed by atoms with Gasteiger partial charge in [-0.15, -0.1) is 0 Å². The van der Waals surface area contributed by atoms with E-state index in [1.807, 2.05) is 6.07 Å². The molecule has 0 aliphatic carbocycles. The van der Waals surface area contributed by atoms with E-state index in [0.717, 1.165) is 49.8 Å². The topological polar surface area (TPSA) is 66.5 Å². The number of benzene rings is 1. The lowest BCUT2D eigenvalue weighted by molar-refractivity contribution is 0.0854. The first kappa shape index (κ1) is 19.7. The van der Waals surface area contributed by atoms with Crippen LogP contribution in [-0.2, 0) is 4.74 Å². The minimum atomic E-state index is -0.160. The van der Waals surface area contributed by atoms with Gasteiger partial charge in [0.2, 0.25) is 0 Å². The van der Waals surface area contributed by atoms with Gasteiger partial charge in [-0.2, -0.15) is 0 Å². The Bertz CT molecular complexity index is 793. The highest BCUT2D eigenvalue weighted by Crippen LogP contribution is 2.25. The third-order valence-electron chi connectivity index (χ3n) is 5.82. The first-order valence-electron chi connectivity index (χ1n) is 10.7. The maximum Gasteiger partial charge on any atom is 0.269 e. The molecule has 1 amide bonds. The third kappa shape index (κ3) is 5.26. The van der Waals surface area contributed by atoms with Gasteiger partial charge in [0.15, 0.2) is 0 Å². The van der Waals surface area contributed by atoms with Gasteiger partial charge in [-0.3, -0.25) is 4.79 Å². The van der Waals surface area contributed by atoms with Crippen molar-refractivity contribution in [3.63, 3.8) is 0 Å². The van der Waals surface area contributed by atoms with Gasteiger partial charge in [0.25, 0.3) is 5.91 Å². The number of nitrogens with one attached hydrogen (secondary N) is 2. The predicted octanol–water partition coefficient (Wildman–Crippen LogP) is 3.97. The van der Waals surface area contributed by atoms with Crippen LogP contribution in [0, 0.1) is 5.92 Å². The molecule has 1 aromatic heterocycles. The van der Waals surface area contributed by atoms with Gasteiger partial charge in [0.05, 0.1) is 18.0 Å². The summed E-state index contributed by atoms with van der Waals surface area (Å²) in [5.74, 6) is 0.674. The first-order chi connectivity index (χ1) is 14.2. The Kier molecular flexibility index (Phi) is 6.30. The highest BCUT2D eigenvalue weighted by molar-refractivity contribution is 5.92. The number of rotatable bonds is 6. The Labute approximate surface area is 172 Å². The third-order valence-corrected chi connectivity index (χ3v) is 5.82. The number of carbonyl (C=O) groups excluding carboxylic acids is 1. The van der Waals surface area contributed by atoms with Gasteiger partial charge in [-0.25, -0.2) is 4.98 Å². The Balaban J connectivity index is 1.29. The number of amides is 1. The van der Waals surface area contributed by atoms with Gasteiger partial charge >= 0.3 is 0 Å². The number of hydrogen-bond acceptors (Lipinski definition) is 5. The monoisotopic (exact) mass is 394 g/mol. The molecule has 154 valence electrons. The number of carbonyl (C=O) groups is 1. The molecule has 2 saturated heterocycles. The number of anilines is 3. The number of aromatic nitrogens is 1. The molecular formula is C23H30N4O2. The normalized spacial score (nSPS) is 19.9. The summed E-state index contributed by atoms with van der Waals surface area (Å²) in [7, 11) is 0. The maximum atomic E-state index is 12.2. The lowest BCUT2D eigenvalue weighted by Gasteiger charge is -2.32. The SMILES string of the molecule is CC1CCN(c2ccc(Nc3ccc(C(=O)NCC4CCCO4)nc3)cc2)CC1. The van der Waals surface area contributed by atoms with Crippen molar-refractivity contribution in [3.8, 4) is 0 Å². The molecule has 2 aliphatic rings. The number of ether oxygens (including phenoxy) is 1. The summed E-state index contributed by atoms with van der Waals surface area (Å²) in [6.45, 7) is 5.93. The highest BCUT2D eigenvalue weighted by atomic mass is 16.5. The fraction of sp³-hybridized carbons (Fsp3) is 0.478. The van der Waals surface area contributed by atoms with E-state index in [4.69, 9.17) is 4.74 Å². The van der Waals surface area contributed by atoms with Crippen LogP contribution < -0.4 is 15.5 Å². The summed E-state index contributed by atoms with van der Waals surface area (Å²) in [6, 6.07) is 12.1. The van der Waals surface area contributed by atoms with Crippen LogP contribution in [-0.4, -0.2) is 43.2 Å². The molecule has 29 heavy (non-hydrogen) atoms. The largest absolute Gasteiger partial charge is 0.376 e. The Hall–Kier alpha value is -2.60. The van der Waals surface area contributed by atoms with Crippen molar-refractivity contribution in [1.82, 2.24) is 10.3 Å². The van der Waals surface area contributed by atoms with Crippen molar-refractivity contribution in [2.75, 3.05) is 36.5 Å². The Morgan fingerprint density at radius 3 is 2.52 bits per heavy atom. The van der Waals surface area contributed by atoms with Crippen LogP contribution >= 0.6 is 0 Å². The minimum Gasteiger partial charge on any atom is -0.376 e. The molecular weight excluding hydrogens is 364 g/mol. The van der Waals surface area contributed by atoms with Crippen LogP contribution in [0.1, 0.15) is 43.1 Å². The second-order valence-corrected chi connectivity index (χ2v) is 8.12. The summed E-state index contributed by atoms with van der Waals surface area (Å²) in [6.07, 6.45) is 6.43. The molecule has 0 radical (unpaired) electrons. The maximum absolute atomic E-state index is 12.2. The molecule has 1 aromatic carbocycles. The summed E-state index contributed by atoms with van der Waals surface area (Å²) in [4.78, 5) is 19.0. The Morgan fingerprint density at radius 2 is 1.86 bits per heavy atom. The highest BCUT2D eigenvalue weighted by Gasteiger charge is 2.17. The molecule has 0 saturated carbocycles. The van der Waals surface area contributed by atoms with E-state index in [9.17, 15) is 4.79 Å². The lowest BCUT2D eigenvalue weighted by atomic mass is 9.99. The van der Waals surface area contributed by atoms with Crippen LogP contribution in [0.5, 0.6) is 0 Å². The van der Waals surface area contributed by atoms with E-state index in [0.29, 0.717) is 12.2 Å². The second-order valence-electron chi connectivity index (χ2n) is 8.12. The van der Waals surface area contributed by atoms with Crippen molar-refractivity contribution in [3.05, 3.63) is 48.3 Å². The van der Waals surface area contributed by atoms with Gasteiger partial charge in [-0.1, -0.05) is 6.92 Å². The molecule has 0 spiro atoms. The zero-order chi connectivity index (χ0) is 20.1. The van der Waals surface area contributed by atoms with E-state index in [1.54, 1.807) is 12.3 Å². The second kappa shape index (κ2) is 9.27. The molecule has 2 fully saturated rings. The summed E-state index contributed by atoms with van der Waals surface area (Å²) >= 11 is 0. The smallest absolute Gasteiger partial charge is 0.269 e. The van der Waals surface area contributed by atoms with Crippen molar-refractivity contribution in [2.45, 2.75) is 38.7 Å². The van der Waals surface area contributed by atoms with E-state index in [1.165, 1.54) is 18.5 Å². The first-order valence-corrected chi connectivity index (χ1v) is 10.7. The average molecular weight is 395 g/mol. The number of pyridine rings is 1. The quantitative estimate of drug-likeness (QED) is 0.776. The summed E-state index contributed by atoms with van der Waals surface area (Å²) < 4.78 is 5.53. The molecule has 2 N–H and O–H groups in total. The van der Waals surface area contributed by atoms with Gasteiger partial charge in [0, 0.05) is 37.6 Å². The van der Waals surface area contributed by atoms with Crippen LogP contribution in [0.25, 0.3) is 0 Å². The van der Waals surface area contributed by atoms with Crippen molar-refractivity contribution < 1.29 is 9.53 Å². The zero-order valence-corrected chi connectivity index (χ0v) is 17.1. The van der Waals surface area contributed by atoms with Gasteiger partial charge < -0.3 is 20.3 Å². The van der Waals surface area contributed by atoms with Gasteiger partial charge in [0.1, 0.15) is 5.69 Å². The molecule has 1 atom stereocenters. The standard InChI is InChI=1S/C23H30N4O2/c1-17-10-12-27(13-11-17)20-7-4-18(5-8-20)26-19-6-9-22(24-15-19)23(28)25-16-21-3-2-14-29-21/h4-9,15,17,21,26H,2-3,10-14,16H2,1H3,(H,25,28). The number of piperidine rings is 1. The van der Waals surface area contributed by atoms with E-state index >= 15 is 0 Å². The fourth-order valence-corrected chi connectivity index (χ4v) is 3.89. The molecule has 6 heteroatoms. The summed E-state index contributed by atoms with van der Waals surface area (Å²) in [5.41, 5.74) is 3.57. The van der Waals surface area contributed by atoms with E-state index in [-0.39, 0.29) is 12.0 Å². The number of nitrogens with zero attached hydrogens (tertiary/aromatic N) is 2. The van der Waals surface area contributed by atoms with Crippen LogP contribution in [0.3, 0.4) is 0 Å². The molecule has 6 nitrogen and oxygen atoms in total.